The summed E-state index contributed by atoms with van der Waals surface area (Å²) < 4.78 is 2.91. The van der Waals surface area contributed by atoms with Crippen LogP contribution >= 0.6 is 15.9 Å². The first kappa shape index (κ1) is 14.3. The maximum atomic E-state index is 10.2. The summed E-state index contributed by atoms with van der Waals surface area (Å²) in [5.41, 5.74) is 3.30. The van der Waals surface area contributed by atoms with Crippen LogP contribution in [0.3, 0.4) is 0 Å². The summed E-state index contributed by atoms with van der Waals surface area (Å²) in [5, 5.41) is 14.6. The summed E-state index contributed by atoms with van der Waals surface area (Å²) in [6, 6.07) is 10.1. The molecule has 102 valence electrons. The fraction of sp³-hybridized carbons (Fsp3) is 0.400. The molecule has 1 heterocycles. The van der Waals surface area contributed by atoms with Crippen LogP contribution in [0.1, 0.15) is 23.9 Å². The van der Waals surface area contributed by atoms with Gasteiger partial charge in [-0.15, -0.1) is 0 Å². The molecule has 1 aromatic carbocycles. The first-order chi connectivity index (χ1) is 9.08. The minimum absolute atomic E-state index is 0.380. The lowest BCUT2D eigenvalue weighted by molar-refractivity contribution is 0.173. The Morgan fingerprint density at radius 2 is 2.11 bits per heavy atom. The van der Waals surface area contributed by atoms with E-state index in [0.717, 1.165) is 27.8 Å². The van der Waals surface area contributed by atoms with Crippen LogP contribution in [0.5, 0.6) is 0 Å². The highest BCUT2D eigenvalue weighted by Crippen LogP contribution is 2.15. The van der Waals surface area contributed by atoms with Gasteiger partial charge in [0.05, 0.1) is 11.8 Å². The lowest BCUT2D eigenvalue weighted by atomic mass is 10.0. The summed E-state index contributed by atoms with van der Waals surface area (Å²) in [6.45, 7) is 2.09. The van der Waals surface area contributed by atoms with Gasteiger partial charge in [-0.05, 0) is 36.6 Å². The zero-order valence-electron chi connectivity index (χ0n) is 11.3. The minimum atomic E-state index is -0.380. The predicted octanol–water partition coefficient (Wildman–Crippen LogP) is 2.89. The average molecular weight is 323 g/mol. The number of aromatic nitrogens is 2. The van der Waals surface area contributed by atoms with Crippen LogP contribution in [0.4, 0.5) is 0 Å². The van der Waals surface area contributed by atoms with Gasteiger partial charge in [0.2, 0.25) is 0 Å². The second-order valence-electron chi connectivity index (χ2n) is 4.80. The molecule has 19 heavy (non-hydrogen) atoms. The molecule has 3 nitrogen and oxygen atoms in total. The Morgan fingerprint density at radius 3 is 2.74 bits per heavy atom. The van der Waals surface area contributed by atoms with Crippen molar-refractivity contribution in [2.45, 2.75) is 32.3 Å². The molecule has 1 N–H and O–H groups in total. The van der Waals surface area contributed by atoms with Crippen molar-refractivity contribution in [1.29, 1.82) is 0 Å². The molecule has 0 aliphatic rings. The molecule has 0 saturated heterocycles. The molecule has 1 atom stereocenters. The first-order valence-corrected chi connectivity index (χ1v) is 7.32. The second kappa shape index (κ2) is 6.35. The third kappa shape index (κ3) is 3.91. The van der Waals surface area contributed by atoms with E-state index in [0.29, 0.717) is 12.8 Å². The number of benzene rings is 1. The topological polar surface area (TPSA) is 38.0 Å². The molecule has 0 aliphatic heterocycles. The summed E-state index contributed by atoms with van der Waals surface area (Å²) in [4.78, 5) is 0. The third-order valence-corrected chi connectivity index (χ3v) is 3.69. The largest absolute Gasteiger partial charge is 0.392 e. The monoisotopic (exact) mass is 322 g/mol. The Balaban J connectivity index is 2.00. The molecule has 0 bridgehead atoms. The van der Waals surface area contributed by atoms with E-state index >= 15 is 0 Å². The van der Waals surface area contributed by atoms with E-state index in [1.165, 1.54) is 0 Å². The van der Waals surface area contributed by atoms with Gasteiger partial charge in [0, 0.05) is 23.6 Å². The van der Waals surface area contributed by atoms with Gasteiger partial charge in [0.25, 0.3) is 0 Å². The molecular formula is C15H19BrN2O. The zero-order chi connectivity index (χ0) is 13.8. The standard InChI is InChI=1S/C15H19BrN2O/c1-3-13-9-14(18(2)17-13)10-15(19)8-11-5-4-6-12(16)7-11/h4-7,9,15,19H,3,8,10H2,1-2H3. The van der Waals surface area contributed by atoms with Gasteiger partial charge in [-0.2, -0.15) is 5.10 Å². The molecule has 0 amide bonds. The Hall–Kier alpha value is -1.13. The van der Waals surface area contributed by atoms with Crippen LogP contribution in [0.2, 0.25) is 0 Å². The quantitative estimate of drug-likeness (QED) is 0.919. The summed E-state index contributed by atoms with van der Waals surface area (Å²) in [5.74, 6) is 0. The number of aliphatic hydroxyl groups excluding tert-OH is 1. The number of rotatable bonds is 5. The number of halogens is 1. The number of aryl methyl sites for hydroxylation is 2. The highest BCUT2D eigenvalue weighted by Gasteiger charge is 2.11. The molecule has 4 heteroatoms. The fourth-order valence-electron chi connectivity index (χ4n) is 2.18. The Kier molecular flexibility index (Phi) is 4.77. The van der Waals surface area contributed by atoms with Gasteiger partial charge in [-0.25, -0.2) is 0 Å². The van der Waals surface area contributed by atoms with Crippen molar-refractivity contribution in [3.05, 3.63) is 51.8 Å². The van der Waals surface area contributed by atoms with E-state index < -0.39 is 0 Å². The smallest absolute Gasteiger partial charge is 0.0635 e. The highest BCUT2D eigenvalue weighted by molar-refractivity contribution is 9.10. The van der Waals surface area contributed by atoms with Gasteiger partial charge < -0.3 is 5.11 Å². The molecular weight excluding hydrogens is 304 g/mol. The van der Waals surface area contributed by atoms with Crippen LogP contribution in [0, 0.1) is 0 Å². The van der Waals surface area contributed by atoms with Gasteiger partial charge >= 0.3 is 0 Å². The van der Waals surface area contributed by atoms with Crippen molar-refractivity contribution in [2.75, 3.05) is 0 Å². The van der Waals surface area contributed by atoms with Gasteiger partial charge in [0.15, 0.2) is 0 Å². The van der Waals surface area contributed by atoms with Crippen molar-refractivity contribution in [2.24, 2.45) is 7.05 Å². The normalized spacial score (nSPS) is 12.6. The Labute approximate surface area is 122 Å². The molecule has 0 spiro atoms. The van der Waals surface area contributed by atoms with Crippen LogP contribution in [0.15, 0.2) is 34.8 Å². The van der Waals surface area contributed by atoms with E-state index in [1.54, 1.807) is 0 Å². The van der Waals surface area contributed by atoms with Crippen LogP contribution in [-0.2, 0) is 26.3 Å². The van der Waals surface area contributed by atoms with Gasteiger partial charge in [-0.1, -0.05) is 35.0 Å². The SMILES string of the molecule is CCc1cc(CC(O)Cc2cccc(Br)c2)n(C)n1. The van der Waals surface area contributed by atoms with E-state index in [1.807, 2.05) is 36.0 Å². The molecule has 0 fully saturated rings. The van der Waals surface area contributed by atoms with Crippen molar-refractivity contribution < 1.29 is 5.11 Å². The summed E-state index contributed by atoms with van der Waals surface area (Å²) >= 11 is 3.45. The lowest BCUT2D eigenvalue weighted by Crippen LogP contribution is -2.16. The molecule has 0 radical (unpaired) electrons. The van der Waals surface area contributed by atoms with Gasteiger partial charge in [-0.3, -0.25) is 4.68 Å². The van der Waals surface area contributed by atoms with E-state index in [9.17, 15) is 5.11 Å². The number of aliphatic hydroxyl groups is 1. The molecule has 2 aromatic rings. The fourth-order valence-corrected chi connectivity index (χ4v) is 2.63. The zero-order valence-corrected chi connectivity index (χ0v) is 12.9. The van der Waals surface area contributed by atoms with Crippen molar-refractivity contribution in [3.63, 3.8) is 0 Å². The van der Waals surface area contributed by atoms with E-state index in [4.69, 9.17) is 0 Å². The maximum Gasteiger partial charge on any atom is 0.0635 e. The lowest BCUT2D eigenvalue weighted by Gasteiger charge is -2.11. The molecule has 1 unspecified atom stereocenters. The Morgan fingerprint density at radius 1 is 1.32 bits per heavy atom. The van der Waals surface area contributed by atoms with Crippen molar-refractivity contribution in [3.8, 4) is 0 Å². The second-order valence-corrected chi connectivity index (χ2v) is 5.71. The maximum absolute atomic E-state index is 10.2. The Bertz CT molecular complexity index is 551. The van der Waals surface area contributed by atoms with Crippen molar-refractivity contribution >= 4 is 15.9 Å². The number of hydrogen-bond acceptors (Lipinski definition) is 2. The minimum Gasteiger partial charge on any atom is -0.392 e. The first-order valence-electron chi connectivity index (χ1n) is 6.52. The van der Waals surface area contributed by atoms with Crippen molar-refractivity contribution in [1.82, 2.24) is 9.78 Å². The number of hydrogen-bond donors (Lipinski definition) is 1. The average Bonchev–Trinajstić information content (AvgIpc) is 2.70. The molecule has 0 saturated carbocycles. The van der Waals surface area contributed by atoms with Gasteiger partial charge in [0.1, 0.15) is 0 Å². The highest BCUT2D eigenvalue weighted by atomic mass is 79.9. The van der Waals surface area contributed by atoms with Crippen LogP contribution in [0.25, 0.3) is 0 Å². The van der Waals surface area contributed by atoms with E-state index in [2.05, 4.69) is 34.0 Å². The van der Waals surface area contributed by atoms with Crippen LogP contribution < -0.4 is 0 Å². The molecule has 1 aromatic heterocycles. The predicted molar refractivity (Wildman–Crippen MR) is 80.1 cm³/mol. The molecule has 0 aliphatic carbocycles. The summed E-state index contributed by atoms with van der Waals surface area (Å²) in [7, 11) is 1.93. The molecule has 2 rings (SSSR count). The van der Waals surface area contributed by atoms with Crippen LogP contribution in [-0.4, -0.2) is 21.0 Å². The summed E-state index contributed by atoms with van der Waals surface area (Å²) in [6.07, 6.45) is 1.84. The van der Waals surface area contributed by atoms with E-state index in [-0.39, 0.29) is 6.10 Å². The third-order valence-electron chi connectivity index (χ3n) is 3.19. The number of nitrogens with zero attached hydrogens (tertiary/aromatic N) is 2.